The molecule has 0 saturated heterocycles. The quantitative estimate of drug-likeness (QED) is 0.778. The Morgan fingerprint density at radius 1 is 1.37 bits per heavy atom. The number of rotatable bonds is 5. The van der Waals surface area contributed by atoms with E-state index in [2.05, 4.69) is 10.6 Å². The Hall–Kier alpha value is -1.26. The lowest BCUT2D eigenvalue weighted by molar-refractivity contribution is 0.229. The fourth-order valence-electron chi connectivity index (χ4n) is 1.89. The van der Waals surface area contributed by atoms with Gasteiger partial charge in [-0.15, -0.1) is 0 Å². The predicted molar refractivity (Wildman–Crippen MR) is 78.9 cm³/mol. The number of halogens is 1. The van der Waals surface area contributed by atoms with Crippen LogP contribution in [0.3, 0.4) is 0 Å². The van der Waals surface area contributed by atoms with Crippen molar-refractivity contribution in [1.29, 1.82) is 0 Å². The first-order valence-electron chi connectivity index (χ1n) is 6.52. The summed E-state index contributed by atoms with van der Waals surface area (Å²) in [7, 11) is 0. The van der Waals surface area contributed by atoms with Crippen molar-refractivity contribution in [2.45, 2.75) is 39.7 Å². The molecule has 1 rings (SSSR count). The smallest absolute Gasteiger partial charge is 0.319 e. The molecular formula is C14H21ClN2O2. The predicted octanol–water partition coefficient (Wildman–Crippen LogP) is 2.97. The molecule has 0 heterocycles. The Balaban J connectivity index is 2.98. The van der Waals surface area contributed by atoms with Crippen molar-refractivity contribution in [3.05, 3.63) is 28.3 Å². The Morgan fingerprint density at radius 3 is 2.58 bits per heavy atom. The molecule has 3 N–H and O–H groups in total. The van der Waals surface area contributed by atoms with Gasteiger partial charge in [-0.25, -0.2) is 4.79 Å². The number of nitrogens with one attached hydrogen (secondary N) is 2. The van der Waals surface area contributed by atoms with Gasteiger partial charge in [-0.3, -0.25) is 0 Å². The second kappa shape index (κ2) is 7.36. The summed E-state index contributed by atoms with van der Waals surface area (Å²) in [6.45, 7) is 5.67. The van der Waals surface area contributed by atoms with E-state index in [1.54, 1.807) is 6.92 Å². The maximum atomic E-state index is 11.9. The number of aryl methyl sites for hydroxylation is 1. The van der Waals surface area contributed by atoms with E-state index in [9.17, 15) is 4.79 Å². The third-order valence-electron chi connectivity index (χ3n) is 2.97. The Kier molecular flexibility index (Phi) is 6.12. The van der Waals surface area contributed by atoms with E-state index in [-0.39, 0.29) is 18.7 Å². The lowest BCUT2D eigenvalue weighted by Crippen LogP contribution is -2.38. The number of carbonyl (C=O) groups is 1. The average molecular weight is 285 g/mol. The molecule has 0 aliphatic carbocycles. The van der Waals surface area contributed by atoms with Crippen LogP contribution in [0.2, 0.25) is 5.02 Å². The molecule has 2 amide bonds. The minimum absolute atomic E-state index is 0.0930. The van der Waals surface area contributed by atoms with E-state index in [1.165, 1.54) is 0 Å². The van der Waals surface area contributed by atoms with Crippen LogP contribution in [0, 0.1) is 0 Å². The van der Waals surface area contributed by atoms with Gasteiger partial charge in [0.2, 0.25) is 0 Å². The highest BCUT2D eigenvalue weighted by molar-refractivity contribution is 6.31. The van der Waals surface area contributed by atoms with E-state index < -0.39 is 0 Å². The summed E-state index contributed by atoms with van der Waals surface area (Å²) >= 11 is 6.16. The van der Waals surface area contributed by atoms with Crippen LogP contribution in [0.1, 0.15) is 31.9 Å². The van der Waals surface area contributed by atoms with Gasteiger partial charge in [-0.05, 0) is 37.0 Å². The van der Waals surface area contributed by atoms with E-state index >= 15 is 0 Å². The fraction of sp³-hybridized carbons (Fsp3) is 0.500. The summed E-state index contributed by atoms with van der Waals surface area (Å²) in [5, 5.41) is 15.1. The van der Waals surface area contributed by atoms with Crippen LogP contribution in [0.4, 0.5) is 10.5 Å². The minimum Gasteiger partial charge on any atom is -0.394 e. The zero-order chi connectivity index (χ0) is 14.4. The number of aliphatic hydroxyl groups is 1. The van der Waals surface area contributed by atoms with E-state index in [4.69, 9.17) is 16.7 Å². The minimum atomic E-state index is -0.326. The molecule has 1 atom stereocenters. The molecule has 0 bridgehead atoms. The number of hydrogen-bond acceptors (Lipinski definition) is 2. The molecular weight excluding hydrogens is 264 g/mol. The van der Waals surface area contributed by atoms with Crippen LogP contribution < -0.4 is 10.6 Å². The SMILES string of the molecule is CCc1ccc(Cl)c(CC)c1NC(=O)NC(C)CO. The molecule has 0 saturated carbocycles. The average Bonchev–Trinajstić information content (AvgIpc) is 2.39. The standard InChI is InChI=1S/C14H21ClN2O2/c1-4-10-6-7-12(15)11(5-2)13(10)17-14(19)16-9(3)8-18/h6-7,9,18H,4-5,8H2,1-3H3,(H2,16,17,19). The number of carbonyl (C=O) groups excluding carboxylic acids is 1. The molecule has 0 spiro atoms. The van der Waals surface area contributed by atoms with Crippen LogP contribution in [-0.4, -0.2) is 23.8 Å². The molecule has 0 radical (unpaired) electrons. The molecule has 1 aromatic carbocycles. The summed E-state index contributed by atoms with van der Waals surface area (Å²) in [5.74, 6) is 0. The summed E-state index contributed by atoms with van der Waals surface area (Å²) < 4.78 is 0. The van der Waals surface area contributed by atoms with E-state index in [0.29, 0.717) is 5.02 Å². The largest absolute Gasteiger partial charge is 0.394 e. The summed E-state index contributed by atoms with van der Waals surface area (Å²) in [4.78, 5) is 11.9. The molecule has 0 aliphatic heterocycles. The molecule has 0 aliphatic rings. The molecule has 4 nitrogen and oxygen atoms in total. The summed E-state index contributed by atoms with van der Waals surface area (Å²) in [6, 6.07) is 3.17. The first-order valence-corrected chi connectivity index (χ1v) is 6.89. The molecule has 19 heavy (non-hydrogen) atoms. The highest BCUT2D eigenvalue weighted by Gasteiger charge is 2.14. The van der Waals surface area contributed by atoms with Crippen molar-refractivity contribution in [3.63, 3.8) is 0 Å². The zero-order valence-corrected chi connectivity index (χ0v) is 12.3. The lowest BCUT2D eigenvalue weighted by Gasteiger charge is -2.18. The van der Waals surface area contributed by atoms with E-state index in [0.717, 1.165) is 29.7 Å². The maximum absolute atomic E-state index is 11.9. The number of amides is 2. The lowest BCUT2D eigenvalue weighted by atomic mass is 10.0. The van der Waals surface area contributed by atoms with Gasteiger partial charge in [0.15, 0.2) is 0 Å². The highest BCUT2D eigenvalue weighted by Crippen LogP contribution is 2.29. The molecule has 1 aromatic rings. The van der Waals surface area contributed by atoms with Gasteiger partial charge < -0.3 is 15.7 Å². The first kappa shape index (κ1) is 15.8. The normalized spacial score (nSPS) is 12.1. The zero-order valence-electron chi connectivity index (χ0n) is 11.6. The number of anilines is 1. The molecule has 0 fully saturated rings. The van der Waals surface area contributed by atoms with Crippen LogP contribution in [0.5, 0.6) is 0 Å². The second-order valence-electron chi connectivity index (χ2n) is 4.45. The second-order valence-corrected chi connectivity index (χ2v) is 4.86. The Bertz CT molecular complexity index is 449. The molecule has 0 aromatic heterocycles. The van der Waals surface area contributed by atoms with Gasteiger partial charge in [0, 0.05) is 5.02 Å². The Labute approximate surface area is 119 Å². The van der Waals surface area contributed by atoms with Crippen molar-refractivity contribution in [3.8, 4) is 0 Å². The number of urea groups is 1. The van der Waals surface area contributed by atoms with Crippen LogP contribution in [0.15, 0.2) is 12.1 Å². The summed E-state index contributed by atoms with van der Waals surface area (Å²) in [6.07, 6.45) is 1.56. The van der Waals surface area contributed by atoms with Crippen molar-refractivity contribution in [1.82, 2.24) is 5.32 Å². The van der Waals surface area contributed by atoms with Gasteiger partial charge in [-0.2, -0.15) is 0 Å². The number of aliphatic hydroxyl groups excluding tert-OH is 1. The molecule has 106 valence electrons. The number of benzene rings is 1. The van der Waals surface area contributed by atoms with Crippen molar-refractivity contribution in [2.75, 3.05) is 11.9 Å². The van der Waals surface area contributed by atoms with Crippen molar-refractivity contribution >= 4 is 23.3 Å². The Morgan fingerprint density at radius 2 is 2.05 bits per heavy atom. The fourth-order valence-corrected chi connectivity index (χ4v) is 2.18. The van der Waals surface area contributed by atoms with E-state index in [1.807, 2.05) is 26.0 Å². The van der Waals surface area contributed by atoms with Gasteiger partial charge in [0.05, 0.1) is 18.3 Å². The van der Waals surface area contributed by atoms with Crippen LogP contribution >= 0.6 is 11.6 Å². The molecule has 1 unspecified atom stereocenters. The third-order valence-corrected chi connectivity index (χ3v) is 3.32. The third kappa shape index (κ3) is 4.11. The molecule has 5 heteroatoms. The van der Waals surface area contributed by atoms with Crippen molar-refractivity contribution in [2.24, 2.45) is 0 Å². The monoisotopic (exact) mass is 284 g/mol. The topological polar surface area (TPSA) is 61.4 Å². The van der Waals surface area contributed by atoms with Crippen LogP contribution in [-0.2, 0) is 12.8 Å². The van der Waals surface area contributed by atoms with Crippen molar-refractivity contribution < 1.29 is 9.90 Å². The van der Waals surface area contributed by atoms with Gasteiger partial charge in [0.1, 0.15) is 0 Å². The summed E-state index contributed by atoms with van der Waals surface area (Å²) in [5.41, 5.74) is 2.76. The van der Waals surface area contributed by atoms with Gasteiger partial charge in [-0.1, -0.05) is 31.5 Å². The van der Waals surface area contributed by atoms with Crippen LogP contribution in [0.25, 0.3) is 0 Å². The van der Waals surface area contributed by atoms with Gasteiger partial charge >= 0.3 is 6.03 Å². The highest BCUT2D eigenvalue weighted by atomic mass is 35.5. The maximum Gasteiger partial charge on any atom is 0.319 e. The first-order chi connectivity index (χ1) is 9.03. The van der Waals surface area contributed by atoms with Gasteiger partial charge in [0.25, 0.3) is 0 Å². The number of hydrogen-bond donors (Lipinski definition) is 3.